The van der Waals surface area contributed by atoms with Crippen molar-refractivity contribution in [3.63, 3.8) is 0 Å². The van der Waals surface area contributed by atoms with Crippen molar-refractivity contribution in [1.29, 1.82) is 0 Å². The predicted octanol–water partition coefficient (Wildman–Crippen LogP) is 1.71. The zero-order valence-corrected chi connectivity index (χ0v) is 10.8. The topological polar surface area (TPSA) is 17.3 Å². The first-order valence-corrected chi connectivity index (χ1v) is 6.45. The van der Waals surface area contributed by atoms with Crippen LogP contribution in [0.1, 0.15) is 27.2 Å². The van der Waals surface area contributed by atoms with Crippen molar-refractivity contribution < 1.29 is 0 Å². The Hall–Kier alpha value is -0.0200. The van der Waals surface area contributed by atoms with Crippen LogP contribution in [0.15, 0.2) is 0 Å². The summed E-state index contributed by atoms with van der Waals surface area (Å²) in [4.78, 5) is 2.38. The van der Waals surface area contributed by atoms with E-state index in [0.29, 0.717) is 5.92 Å². The molecule has 3 heteroatoms. The van der Waals surface area contributed by atoms with Crippen molar-refractivity contribution in [2.75, 3.05) is 17.5 Å². The lowest BCUT2D eigenvalue weighted by Gasteiger charge is -2.07. The zero-order chi connectivity index (χ0) is 9.84. The van der Waals surface area contributed by atoms with Crippen molar-refractivity contribution in [3.05, 3.63) is 0 Å². The summed E-state index contributed by atoms with van der Waals surface area (Å²) in [5.74, 6) is 1.89. The molecule has 0 spiro atoms. The molecule has 0 amide bonds. The van der Waals surface area contributed by atoms with Crippen molar-refractivity contribution in [2.45, 2.75) is 27.2 Å². The van der Waals surface area contributed by atoms with Gasteiger partial charge in [0.1, 0.15) is 0 Å². The molecule has 1 rings (SSSR count). The minimum absolute atomic E-state index is 0.598. The molecular weight excluding hydrogens is 275 g/mol. The molecular formula is C10H18IN2+. The molecule has 13 heavy (non-hydrogen) atoms. The van der Waals surface area contributed by atoms with Crippen LogP contribution in [-0.4, -0.2) is 34.0 Å². The van der Waals surface area contributed by atoms with E-state index in [4.69, 9.17) is 0 Å². The molecule has 0 bridgehead atoms. The second kappa shape index (κ2) is 5.01. The summed E-state index contributed by atoms with van der Waals surface area (Å²) in [5, 5.41) is 0. The molecule has 0 radical (unpaired) electrons. The van der Waals surface area contributed by atoms with Crippen molar-refractivity contribution >= 4 is 34.1 Å². The van der Waals surface area contributed by atoms with Gasteiger partial charge in [-0.1, -0.05) is 36.4 Å². The first kappa shape index (κ1) is 11.1. The van der Waals surface area contributed by atoms with E-state index in [2.05, 4.69) is 52.9 Å². The van der Waals surface area contributed by atoms with Crippen LogP contribution in [0, 0.1) is 5.92 Å². The fraction of sp³-hybridized carbons (Fsp3) is 0.800. The van der Waals surface area contributed by atoms with Gasteiger partial charge in [0.25, 0.3) is 0 Å². The van der Waals surface area contributed by atoms with E-state index in [1.54, 1.807) is 0 Å². The Bertz CT molecular complexity index is 239. The standard InChI is InChI=1S/C10H18IN2/c1-4-13-7-9(8(2)3)12-10(13)5-6-11/h8H,4-7H2,1-3H3/q+1. The van der Waals surface area contributed by atoms with Crippen LogP contribution in [-0.2, 0) is 0 Å². The number of alkyl halides is 1. The van der Waals surface area contributed by atoms with Crippen LogP contribution in [0.3, 0.4) is 0 Å². The maximum atomic E-state index is 4.68. The van der Waals surface area contributed by atoms with E-state index in [9.17, 15) is 0 Å². The van der Waals surface area contributed by atoms with Gasteiger partial charge in [-0.05, 0) is 6.92 Å². The quantitative estimate of drug-likeness (QED) is 0.438. The molecule has 74 valence electrons. The number of amidine groups is 1. The Morgan fingerprint density at radius 2 is 2.23 bits per heavy atom. The highest BCUT2D eigenvalue weighted by atomic mass is 127. The monoisotopic (exact) mass is 293 g/mol. The second-order valence-electron chi connectivity index (χ2n) is 3.63. The van der Waals surface area contributed by atoms with Crippen LogP contribution < -0.4 is 4.67 Å². The molecule has 0 atom stereocenters. The first-order chi connectivity index (χ1) is 6.19. The van der Waals surface area contributed by atoms with Gasteiger partial charge in [-0.15, -0.1) is 0 Å². The van der Waals surface area contributed by atoms with Crippen LogP contribution in [0.2, 0.25) is 0 Å². The summed E-state index contributed by atoms with van der Waals surface area (Å²) in [5.41, 5.74) is 1.35. The maximum absolute atomic E-state index is 4.68. The van der Waals surface area contributed by atoms with Gasteiger partial charge < -0.3 is 0 Å². The van der Waals surface area contributed by atoms with E-state index < -0.39 is 0 Å². The Balaban J connectivity index is 2.74. The molecule has 0 saturated heterocycles. The summed E-state index contributed by atoms with van der Waals surface area (Å²) in [6.45, 7) is 8.79. The Morgan fingerprint density at radius 1 is 1.54 bits per heavy atom. The second-order valence-corrected chi connectivity index (χ2v) is 4.71. The minimum atomic E-state index is 0.598. The molecule has 0 N–H and O–H groups in total. The van der Waals surface area contributed by atoms with Crippen molar-refractivity contribution in [3.8, 4) is 0 Å². The molecule has 1 aliphatic heterocycles. The van der Waals surface area contributed by atoms with Crippen LogP contribution in [0.4, 0.5) is 0 Å². The van der Waals surface area contributed by atoms with Crippen molar-refractivity contribution in [2.24, 2.45) is 5.92 Å². The maximum Gasteiger partial charge on any atom is 0.346 e. The fourth-order valence-electron chi connectivity index (χ4n) is 1.46. The van der Waals surface area contributed by atoms with Gasteiger partial charge >= 0.3 is 5.84 Å². The Morgan fingerprint density at radius 3 is 2.69 bits per heavy atom. The highest BCUT2D eigenvalue weighted by molar-refractivity contribution is 14.1. The van der Waals surface area contributed by atoms with Crippen molar-refractivity contribution in [1.82, 2.24) is 9.57 Å². The normalized spacial score (nSPS) is 16.5. The third kappa shape index (κ3) is 2.71. The first-order valence-electron chi connectivity index (χ1n) is 4.93. The van der Waals surface area contributed by atoms with E-state index in [1.165, 1.54) is 16.0 Å². The third-order valence-corrected chi connectivity index (χ3v) is 2.90. The molecule has 0 aromatic rings. The lowest BCUT2D eigenvalue weighted by atomic mass is 10.1. The summed E-state index contributed by atoms with van der Waals surface area (Å²) >= 11 is 2.41. The average Bonchev–Trinajstić information content (AvgIpc) is 2.48. The summed E-state index contributed by atoms with van der Waals surface area (Å²) in [7, 11) is 0. The number of hydrogen-bond donors (Lipinski definition) is 0. The molecule has 0 fully saturated rings. The molecule has 0 aromatic heterocycles. The van der Waals surface area contributed by atoms with Gasteiger partial charge in [-0.2, -0.15) is 0 Å². The molecule has 1 aliphatic rings. The third-order valence-electron chi connectivity index (χ3n) is 2.36. The average molecular weight is 293 g/mol. The van der Waals surface area contributed by atoms with Gasteiger partial charge in [-0.25, -0.2) is 9.57 Å². The molecule has 0 aliphatic carbocycles. The van der Waals surface area contributed by atoms with Gasteiger partial charge in [0, 0.05) is 10.3 Å². The molecule has 0 aromatic carbocycles. The number of nitrogens with zero attached hydrogens (tertiary/aromatic N) is 2. The van der Waals surface area contributed by atoms with Crippen LogP contribution in [0.25, 0.3) is 0 Å². The SMILES string of the molecule is CCN1CC(C(C)C)=[N+]=C1CCI. The van der Waals surface area contributed by atoms with Gasteiger partial charge in [0.15, 0.2) is 6.54 Å². The Kier molecular flexibility index (Phi) is 4.26. The lowest BCUT2D eigenvalue weighted by Crippen LogP contribution is -2.31. The van der Waals surface area contributed by atoms with E-state index in [1.807, 2.05) is 0 Å². The van der Waals surface area contributed by atoms with Gasteiger partial charge in [-0.3, -0.25) is 0 Å². The fourth-order valence-corrected chi connectivity index (χ4v) is 1.95. The van der Waals surface area contributed by atoms with Gasteiger partial charge in [0.05, 0.1) is 13.0 Å². The summed E-state index contributed by atoms with van der Waals surface area (Å²) in [6, 6.07) is 0. The molecule has 2 nitrogen and oxygen atoms in total. The van der Waals surface area contributed by atoms with E-state index in [-0.39, 0.29) is 0 Å². The largest absolute Gasteiger partial charge is 0.346 e. The summed E-state index contributed by atoms with van der Waals surface area (Å²) in [6.07, 6.45) is 1.12. The smallest absolute Gasteiger partial charge is 0.243 e. The predicted molar refractivity (Wildman–Crippen MR) is 67.7 cm³/mol. The van der Waals surface area contributed by atoms with Crippen LogP contribution >= 0.6 is 22.6 Å². The summed E-state index contributed by atoms with van der Waals surface area (Å²) < 4.78 is 5.85. The highest BCUT2D eigenvalue weighted by Crippen LogP contribution is 2.05. The lowest BCUT2D eigenvalue weighted by molar-refractivity contribution is 0.498. The number of hydrogen-bond acceptors (Lipinski definition) is 1. The number of halogens is 1. The highest BCUT2D eigenvalue weighted by Gasteiger charge is 2.30. The molecule has 0 unspecified atom stereocenters. The number of rotatable bonds is 4. The zero-order valence-electron chi connectivity index (χ0n) is 8.68. The van der Waals surface area contributed by atoms with E-state index in [0.717, 1.165) is 19.5 Å². The van der Waals surface area contributed by atoms with Gasteiger partial charge in [0.2, 0.25) is 5.71 Å². The minimum Gasteiger partial charge on any atom is -0.243 e. The Labute approximate surface area is 94.3 Å². The van der Waals surface area contributed by atoms with E-state index >= 15 is 0 Å². The molecule has 0 saturated carbocycles. The van der Waals surface area contributed by atoms with Crippen LogP contribution in [0.5, 0.6) is 0 Å². The molecule has 1 heterocycles.